The number of benzene rings is 1. The number of rotatable bonds is 4. The highest BCUT2D eigenvalue weighted by Gasteiger charge is 2.25. The molecule has 2 aliphatic carbocycles. The van der Waals surface area contributed by atoms with E-state index in [4.69, 9.17) is 0 Å². The van der Waals surface area contributed by atoms with Gasteiger partial charge in [-0.25, -0.2) is 4.98 Å². The van der Waals surface area contributed by atoms with Gasteiger partial charge in [0.05, 0.1) is 16.9 Å². The monoisotopic (exact) mass is 456 g/mol. The van der Waals surface area contributed by atoms with Crippen molar-refractivity contribution in [3.8, 4) is 22.6 Å². The van der Waals surface area contributed by atoms with Gasteiger partial charge in [0, 0.05) is 10.6 Å². The first-order valence-electron chi connectivity index (χ1n) is 10.7. The Morgan fingerprint density at radius 2 is 1.94 bits per heavy atom. The average Bonchev–Trinajstić information content (AvgIpc) is 3.19. The molecule has 0 aliphatic heterocycles. The van der Waals surface area contributed by atoms with Gasteiger partial charge in [-0.15, -0.1) is 11.3 Å². The largest absolute Gasteiger partial charge is 0.316 e. The predicted molar refractivity (Wildman–Crippen MR) is 127 cm³/mol. The molecule has 7 heteroatoms. The van der Waals surface area contributed by atoms with Crippen LogP contribution in [0.5, 0.6) is 0 Å². The molecular formula is C25H20N4OS2. The fourth-order valence-electron chi connectivity index (χ4n) is 4.45. The summed E-state index contributed by atoms with van der Waals surface area (Å²) in [6.45, 7) is 0. The summed E-state index contributed by atoms with van der Waals surface area (Å²) in [4.78, 5) is 18.5. The van der Waals surface area contributed by atoms with Gasteiger partial charge in [0.1, 0.15) is 22.2 Å². The molecule has 2 aromatic heterocycles. The van der Waals surface area contributed by atoms with Gasteiger partial charge in [0.15, 0.2) is 0 Å². The third-order valence-electron chi connectivity index (χ3n) is 6.00. The number of fused-ring (bicyclic) bond motifs is 4. The summed E-state index contributed by atoms with van der Waals surface area (Å²) in [7, 11) is 0. The Morgan fingerprint density at radius 3 is 2.78 bits per heavy atom. The molecule has 2 heterocycles. The van der Waals surface area contributed by atoms with E-state index in [1.165, 1.54) is 28.7 Å². The molecule has 32 heavy (non-hydrogen) atoms. The topological polar surface area (TPSA) is 89.6 Å². The Bertz CT molecular complexity index is 1310. The van der Waals surface area contributed by atoms with Crippen molar-refractivity contribution in [3.05, 3.63) is 63.8 Å². The maximum atomic E-state index is 12.8. The summed E-state index contributed by atoms with van der Waals surface area (Å²) in [6, 6.07) is 14.7. The first kappa shape index (κ1) is 20.8. The minimum atomic E-state index is -0.193. The summed E-state index contributed by atoms with van der Waals surface area (Å²) < 4.78 is 0. The van der Waals surface area contributed by atoms with Crippen molar-refractivity contribution < 1.29 is 4.79 Å². The number of thiophene rings is 1. The summed E-state index contributed by atoms with van der Waals surface area (Å²) in [5.74, 6) is -0.0494. The molecule has 0 radical (unpaired) electrons. The number of aromatic nitrogens is 1. The number of nitrogens with one attached hydrogen (secondary N) is 1. The summed E-state index contributed by atoms with van der Waals surface area (Å²) in [5.41, 5.74) is 6.78. The zero-order chi connectivity index (χ0) is 22.1. The van der Waals surface area contributed by atoms with Gasteiger partial charge in [-0.2, -0.15) is 10.5 Å². The van der Waals surface area contributed by atoms with E-state index in [-0.39, 0.29) is 11.7 Å². The van der Waals surface area contributed by atoms with E-state index < -0.39 is 0 Å². The molecule has 0 saturated carbocycles. The SMILES string of the molecule is N#Cc1cc2c(nc1SCC(=O)Nc1sc3c(c1C#N)CCc1ccccc1-3)CCCC2. The quantitative estimate of drug-likeness (QED) is 0.541. The van der Waals surface area contributed by atoms with Crippen LogP contribution in [0.15, 0.2) is 35.4 Å². The number of anilines is 1. The molecule has 0 unspecified atom stereocenters. The van der Waals surface area contributed by atoms with E-state index in [2.05, 4.69) is 34.6 Å². The molecule has 0 atom stereocenters. The lowest BCUT2D eigenvalue weighted by Crippen LogP contribution is -2.15. The van der Waals surface area contributed by atoms with Crippen LogP contribution in [0, 0.1) is 22.7 Å². The van der Waals surface area contributed by atoms with Crippen LogP contribution in [0.1, 0.15) is 46.4 Å². The number of nitrogens with zero attached hydrogens (tertiary/aromatic N) is 3. The second-order valence-corrected chi connectivity index (χ2v) is 9.97. The highest BCUT2D eigenvalue weighted by molar-refractivity contribution is 8.00. The molecule has 0 saturated heterocycles. The van der Waals surface area contributed by atoms with E-state index in [0.29, 0.717) is 21.2 Å². The molecule has 158 valence electrons. The molecule has 1 N–H and O–H groups in total. The zero-order valence-electron chi connectivity index (χ0n) is 17.4. The summed E-state index contributed by atoms with van der Waals surface area (Å²) in [6.07, 6.45) is 5.84. The second-order valence-electron chi connectivity index (χ2n) is 7.99. The second kappa shape index (κ2) is 8.78. The Hall–Kier alpha value is -3.13. The average molecular weight is 457 g/mol. The lowest BCUT2D eigenvalue weighted by molar-refractivity contribution is -0.113. The molecule has 3 aromatic rings. The molecule has 1 aromatic carbocycles. The first-order chi connectivity index (χ1) is 15.7. The standard InChI is InChI=1S/C25H20N4OS2/c26-12-17-11-16-6-2-4-8-21(16)28-24(17)31-14-22(30)29-25-20(13-27)19-10-9-15-5-1-3-7-18(15)23(19)32-25/h1,3,5,7,11H,2,4,6,8-10,14H2,(H,29,30). The highest BCUT2D eigenvalue weighted by Crippen LogP contribution is 2.44. The number of carbonyl (C=O) groups is 1. The van der Waals surface area contributed by atoms with Crippen molar-refractivity contribution in [2.75, 3.05) is 11.1 Å². The van der Waals surface area contributed by atoms with Gasteiger partial charge in [-0.3, -0.25) is 4.79 Å². The van der Waals surface area contributed by atoms with Crippen LogP contribution in [0.3, 0.4) is 0 Å². The van der Waals surface area contributed by atoms with Crippen molar-refractivity contribution in [1.82, 2.24) is 4.98 Å². The lowest BCUT2D eigenvalue weighted by atomic mass is 9.90. The maximum Gasteiger partial charge on any atom is 0.235 e. The first-order valence-corrected chi connectivity index (χ1v) is 12.5. The van der Waals surface area contributed by atoms with Crippen LogP contribution in [-0.4, -0.2) is 16.6 Å². The van der Waals surface area contributed by atoms with Gasteiger partial charge in [0.2, 0.25) is 5.91 Å². The molecule has 2 aliphatic rings. The van der Waals surface area contributed by atoms with Crippen molar-refractivity contribution in [2.24, 2.45) is 0 Å². The number of nitriles is 2. The fourth-order valence-corrected chi connectivity index (χ4v) is 6.50. The lowest BCUT2D eigenvalue weighted by Gasteiger charge is -2.16. The Morgan fingerprint density at radius 1 is 1.09 bits per heavy atom. The van der Waals surface area contributed by atoms with Crippen molar-refractivity contribution >= 4 is 34.0 Å². The number of aryl methyl sites for hydroxylation is 3. The van der Waals surface area contributed by atoms with E-state index in [1.54, 1.807) is 0 Å². The minimum Gasteiger partial charge on any atom is -0.316 e. The van der Waals surface area contributed by atoms with Gasteiger partial charge in [-0.05, 0) is 66.8 Å². The Balaban J connectivity index is 1.35. The molecule has 0 fully saturated rings. The van der Waals surface area contributed by atoms with Gasteiger partial charge in [-0.1, -0.05) is 36.0 Å². The van der Waals surface area contributed by atoms with E-state index >= 15 is 0 Å². The van der Waals surface area contributed by atoms with E-state index in [9.17, 15) is 15.3 Å². The third kappa shape index (κ3) is 3.79. The molecule has 5 nitrogen and oxygen atoms in total. The van der Waals surface area contributed by atoms with Crippen LogP contribution in [-0.2, 0) is 30.5 Å². The van der Waals surface area contributed by atoms with Crippen LogP contribution in [0.4, 0.5) is 5.00 Å². The number of amides is 1. The van der Waals surface area contributed by atoms with E-state index in [0.717, 1.165) is 65.8 Å². The minimum absolute atomic E-state index is 0.143. The highest BCUT2D eigenvalue weighted by atomic mass is 32.2. The molecule has 0 bridgehead atoms. The molecule has 5 rings (SSSR count). The normalized spacial score (nSPS) is 13.8. The number of hydrogen-bond acceptors (Lipinski definition) is 6. The van der Waals surface area contributed by atoms with Crippen molar-refractivity contribution in [3.63, 3.8) is 0 Å². The van der Waals surface area contributed by atoms with E-state index in [1.807, 2.05) is 18.2 Å². The zero-order valence-corrected chi connectivity index (χ0v) is 19.0. The third-order valence-corrected chi connectivity index (χ3v) is 8.18. The van der Waals surface area contributed by atoms with Gasteiger partial charge in [0.25, 0.3) is 0 Å². The molecule has 0 spiro atoms. The smallest absolute Gasteiger partial charge is 0.235 e. The van der Waals surface area contributed by atoms with Crippen LogP contribution >= 0.6 is 23.1 Å². The predicted octanol–water partition coefficient (Wildman–Crippen LogP) is 5.26. The Kier molecular flexibility index (Phi) is 5.70. The van der Waals surface area contributed by atoms with Crippen LogP contribution in [0.25, 0.3) is 10.4 Å². The Labute approximate surface area is 195 Å². The van der Waals surface area contributed by atoms with Gasteiger partial charge < -0.3 is 5.32 Å². The van der Waals surface area contributed by atoms with Crippen LogP contribution in [0.2, 0.25) is 0 Å². The number of carbonyl (C=O) groups excluding carboxylic acids is 1. The van der Waals surface area contributed by atoms with Crippen molar-refractivity contribution in [2.45, 2.75) is 43.6 Å². The number of hydrogen-bond donors (Lipinski definition) is 1. The van der Waals surface area contributed by atoms with Gasteiger partial charge >= 0.3 is 0 Å². The summed E-state index contributed by atoms with van der Waals surface area (Å²) >= 11 is 2.76. The number of pyridine rings is 1. The number of thioether (sulfide) groups is 1. The summed E-state index contributed by atoms with van der Waals surface area (Å²) in [5, 5.41) is 23.5. The molecular weight excluding hydrogens is 436 g/mol. The molecule has 1 amide bonds. The fraction of sp³-hybridized carbons (Fsp3) is 0.280. The van der Waals surface area contributed by atoms with Crippen LogP contribution < -0.4 is 5.32 Å². The maximum absolute atomic E-state index is 12.8. The van der Waals surface area contributed by atoms with Crippen molar-refractivity contribution in [1.29, 1.82) is 10.5 Å².